The van der Waals surface area contributed by atoms with Crippen molar-refractivity contribution in [1.29, 1.82) is 0 Å². The van der Waals surface area contributed by atoms with Crippen molar-refractivity contribution in [2.75, 3.05) is 26.0 Å². The topological polar surface area (TPSA) is 84.7 Å². The third kappa shape index (κ3) is 5.66. The van der Waals surface area contributed by atoms with Gasteiger partial charge in [0.2, 0.25) is 15.8 Å². The van der Waals surface area contributed by atoms with Crippen LogP contribution in [0.5, 0.6) is 5.75 Å². The van der Waals surface area contributed by atoms with Crippen LogP contribution < -0.4 is 10.3 Å². The Morgan fingerprint density at radius 1 is 1.08 bits per heavy atom. The Kier molecular flexibility index (Phi) is 6.78. The van der Waals surface area contributed by atoms with E-state index in [2.05, 4.69) is 4.98 Å². The summed E-state index contributed by atoms with van der Waals surface area (Å²) in [5.74, 6) is -1.70. The van der Waals surface area contributed by atoms with E-state index < -0.39 is 52.1 Å². The molecule has 0 amide bonds. The molecule has 1 saturated carbocycles. The minimum atomic E-state index is -5.01. The zero-order chi connectivity index (χ0) is 28.4. The van der Waals surface area contributed by atoms with Crippen LogP contribution in [0, 0.1) is 11.3 Å². The average Bonchev–Trinajstić information content (AvgIpc) is 3.15. The van der Waals surface area contributed by atoms with Crippen molar-refractivity contribution in [1.82, 2.24) is 18.8 Å². The Hall–Kier alpha value is -2.65. The van der Waals surface area contributed by atoms with Gasteiger partial charge in [0.15, 0.2) is 6.04 Å². The summed E-state index contributed by atoms with van der Waals surface area (Å²) in [7, 11) is -3.28. The Morgan fingerprint density at radius 2 is 1.67 bits per heavy atom. The third-order valence-corrected chi connectivity index (χ3v) is 8.78. The summed E-state index contributed by atoms with van der Waals surface area (Å²) in [6, 6.07) is 4.06. The molecular weight excluding hydrogens is 554 g/mol. The zero-order valence-electron chi connectivity index (χ0n) is 20.8. The standard InChI is InChI=1S/C24H26F6N4O4S/c1-39(36,37)33-12-22(13-33)6-15(7-22)11-38-18-8-31-20(34(21(18)35)14-23(25,26)27)19(24(28,29)30)32-9-16-4-2-3-5-17(16)10-32/h2-5,8,15,19H,6-7,9-14H2,1H3/t19-/m1/s1. The van der Waals surface area contributed by atoms with E-state index in [1.54, 1.807) is 24.3 Å². The number of rotatable bonds is 7. The van der Waals surface area contributed by atoms with E-state index in [0.29, 0.717) is 37.1 Å². The molecule has 1 spiro atoms. The smallest absolute Gasteiger partial charge is 0.411 e. The van der Waals surface area contributed by atoms with Crippen molar-refractivity contribution in [3.8, 4) is 5.75 Å². The van der Waals surface area contributed by atoms with E-state index in [9.17, 15) is 39.6 Å². The second kappa shape index (κ2) is 9.47. The first-order valence-electron chi connectivity index (χ1n) is 12.2. The monoisotopic (exact) mass is 580 g/mol. The number of hydrogen-bond acceptors (Lipinski definition) is 6. The summed E-state index contributed by atoms with van der Waals surface area (Å²) < 4.78 is 113. The highest BCUT2D eigenvalue weighted by Gasteiger charge is 2.55. The minimum absolute atomic E-state index is 0.00859. The van der Waals surface area contributed by atoms with Gasteiger partial charge < -0.3 is 4.74 Å². The fourth-order valence-electron chi connectivity index (χ4n) is 5.88. The van der Waals surface area contributed by atoms with Crippen molar-refractivity contribution in [3.63, 3.8) is 0 Å². The van der Waals surface area contributed by atoms with Gasteiger partial charge in [0.05, 0.1) is 19.1 Å². The lowest BCUT2D eigenvalue weighted by molar-refractivity contribution is -0.193. The van der Waals surface area contributed by atoms with Crippen molar-refractivity contribution < 1.29 is 39.5 Å². The number of aromatic nitrogens is 2. The molecule has 2 aliphatic heterocycles. The molecule has 1 aromatic heterocycles. The molecule has 15 heteroatoms. The Balaban J connectivity index is 1.36. The van der Waals surface area contributed by atoms with Crippen LogP contribution >= 0.6 is 0 Å². The molecule has 1 atom stereocenters. The van der Waals surface area contributed by atoms with Crippen LogP contribution in [0.4, 0.5) is 26.3 Å². The number of halogens is 6. The molecule has 3 aliphatic rings. The van der Waals surface area contributed by atoms with Crippen LogP contribution in [0.2, 0.25) is 0 Å². The summed E-state index contributed by atoms with van der Waals surface area (Å²) in [4.78, 5) is 17.7. The first-order valence-corrected chi connectivity index (χ1v) is 14.0. The number of benzene rings is 1. The number of alkyl halides is 6. The van der Waals surface area contributed by atoms with Gasteiger partial charge in [0.25, 0.3) is 5.56 Å². The molecule has 0 radical (unpaired) electrons. The molecule has 8 nitrogen and oxygen atoms in total. The predicted octanol–water partition coefficient (Wildman–Crippen LogP) is 3.48. The number of fused-ring (bicyclic) bond motifs is 1. The average molecular weight is 581 g/mol. The molecule has 1 aromatic carbocycles. The summed E-state index contributed by atoms with van der Waals surface area (Å²) in [6.45, 7) is -1.59. The number of sulfonamides is 1. The first kappa shape index (κ1) is 27.9. The van der Waals surface area contributed by atoms with Crippen molar-refractivity contribution in [2.24, 2.45) is 11.3 Å². The zero-order valence-corrected chi connectivity index (χ0v) is 21.6. The highest BCUT2D eigenvalue weighted by Crippen LogP contribution is 2.52. The predicted molar refractivity (Wildman–Crippen MR) is 126 cm³/mol. The van der Waals surface area contributed by atoms with Gasteiger partial charge in [-0.05, 0) is 35.3 Å². The van der Waals surface area contributed by atoms with Gasteiger partial charge >= 0.3 is 12.4 Å². The lowest BCUT2D eigenvalue weighted by atomic mass is 9.59. The maximum absolute atomic E-state index is 14.3. The normalized spacial score (nSPS) is 20.9. The second-order valence-corrected chi connectivity index (χ2v) is 12.7. The molecule has 2 fully saturated rings. The van der Waals surface area contributed by atoms with E-state index in [0.717, 1.165) is 17.4 Å². The Bertz CT molecular complexity index is 1390. The molecule has 0 bridgehead atoms. The highest BCUT2D eigenvalue weighted by atomic mass is 32.2. The maximum Gasteiger partial charge on any atom is 0.411 e. The molecule has 0 N–H and O–H groups in total. The summed E-state index contributed by atoms with van der Waals surface area (Å²) in [5.41, 5.74) is -0.297. The lowest BCUT2D eigenvalue weighted by Gasteiger charge is -2.58. The van der Waals surface area contributed by atoms with Crippen LogP contribution in [-0.2, 0) is 29.7 Å². The van der Waals surface area contributed by atoms with Gasteiger partial charge in [-0.25, -0.2) is 17.7 Å². The molecule has 1 aliphatic carbocycles. The van der Waals surface area contributed by atoms with Gasteiger partial charge in [-0.15, -0.1) is 0 Å². The van der Waals surface area contributed by atoms with Gasteiger partial charge in [0, 0.05) is 26.2 Å². The van der Waals surface area contributed by atoms with E-state index in [1.165, 1.54) is 4.31 Å². The van der Waals surface area contributed by atoms with E-state index >= 15 is 0 Å². The highest BCUT2D eigenvalue weighted by molar-refractivity contribution is 7.88. The molecule has 3 heterocycles. The maximum atomic E-state index is 14.3. The van der Waals surface area contributed by atoms with Gasteiger partial charge in [-0.1, -0.05) is 24.3 Å². The van der Waals surface area contributed by atoms with E-state index in [-0.39, 0.29) is 35.6 Å². The Labute approximate surface area is 220 Å². The van der Waals surface area contributed by atoms with Crippen molar-refractivity contribution in [2.45, 2.75) is 50.9 Å². The van der Waals surface area contributed by atoms with Gasteiger partial charge in [-0.3, -0.25) is 14.3 Å². The van der Waals surface area contributed by atoms with Crippen molar-refractivity contribution >= 4 is 10.0 Å². The summed E-state index contributed by atoms with van der Waals surface area (Å²) in [6.07, 6.45) is -6.91. The SMILES string of the molecule is CS(=O)(=O)N1CC2(CC(COc3cnc([C@@H](N4Cc5ccccc5C4)C(F)(F)F)n(CC(F)(F)F)c3=O)C2)C1. The van der Waals surface area contributed by atoms with Crippen LogP contribution in [-0.4, -0.2) is 65.5 Å². The quantitative estimate of drug-likeness (QED) is 0.467. The molecular formula is C24H26F6N4O4S. The Morgan fingerprint density at radius 3 is 2.18 bits per heavy atom. The van der Waals surface area contributed by atoms with Crippen molar-refractivity contribution in [3.05, 3.63) is 57.8 Å². The fourth-order valence-corrected chi connectivity index (χ4v) is 6.90. The number of hydrogen-bond donors (Lipinski definition) is 0. The van der Waals surface area contributed by atoms with E-state index in [1.807, 2.05) is 0 Å². The summed E-state index contributed by atoms with van der Waals surface area (Å²) >= 11 is 0. The molecule has 5 rings (SSSR count). The summed E-state index contributed by atoms with van der Waals surface area (Å²) in [5, 5.41) is 0. The second-order valence-electron chi connectivity index (χ2n) is 10.7. The molecule has 0 unspecified atom stereocenters. The third-order valence-electron chi connectivity index (χ3n) is 7.58. The molecule has 39 heavy (non-hydrogen) atoms. The van der Waals surface area contributed by atoms with E-state index in [4.69, 9.17) is 4.74 Å². The number of nitrogens with zero attached hydrogens (tertiary/aromatic N) is 4. The molecule has 2 aromatic rings. The lowest BCUT2D eigenvalue weighted by Crippen LogP contribution is -2.63. The van der Waals surface area contributed by atoms with Crippen LogP contribution in [0.15, 0.2) is 35.3 Å². The first-order chi connectivity index (χ1) is 18.0. The van der Waals surface area contributed by atoms with Gasteiger partial charge in [-0.2, -0.15) is 26.3 Å². The van der Waals surface area contributed by atoms with Gasteiger partial charge in [0.1, 0.15) is 12.4 Å². The van der Waals surface area contributed by atoms with Crippen LogP contribution in [0.3, 0.4) is 0 Å². The molecule has 1 saturated heterocycles. The fraction of sp³-hybridized carbons (Fsp3) is 0.583. The molecule has 214 valence electrons. The van der Waals surface area contributed by atoms with Crippen LogP contribution in [0.1, 0.15) is 35.8 Å². The largest absolute Gasteiger partial charge is 0.486 e. The minimum Gasteiger partial charge on any atom is -0.486 e. The number of ether oxygens (including phenoxy) is 1. The van der Waals surface area contributed by atoms with Crippen LogP contribution in [0.25, 0.3) is 0 Å².